The lowest BCUT2D eigenvalue weighted by molar-refractivity contribution is 0.0957. The highest BCUT2D eigenvalue weighted by atomic mass is 32.1. The van der Waals surface area contributed by atoms with Crippen LogP contribution in [0.15, 0.2) is 30.5 Å². The Hall–Kier alpha value is -2.21. The summed E-state index contributed by atoms with van der Waals surface area (Å²) in [5, 5.41) is 8.11. The van der Waals surface area contributed by atoms with E-state index in [4.69, 9.17) is 0 Å². The van der Waals surface area contributed by atoms with Gasteiger partial charge in [0, 0.05) is 23.6 Å². The number of benzene rings is 1. The first-order chi connectivity index (χ1) is 10.3. The third kappa shape index (κ3) is 2.80. The van der Waals surface area contributed by atoms with E-state index in [9.17, 15) is 4.79 Å². The second kappa shape index (κ2) is 6.05. The highest BCUT2D eigenvalue weighted by Gasteiger charge is 2.14. The molecule has 5 nitrogen and oxygen atoms in total. The summed E-state index contributed by atoms with van der Waals surface area (Å²) < 4.78 is 3.84. The second-order valence-corrected chi connectivity index (χ2v) is 5.52. The van der Waals surface area contributed by atoms with Crippen LogP contribution in [0, 0.1) is 0 Å². The van der Waals surface area contributed by atoms with Crippen LogP contribution < -0.4 is 5.32 Å². The SMILES string of the molecule is CCc1nnsc1C(=O)NCCc1c[nH]c2ccccc12. The van der Waals surface area contributed by atoms with E-state index in [1.165, 1.54) is 10.9 Å². The quantitative estimate of drug-likeness (QED) is 0.760. The van der Waals surface area contributed by atoms with Crippen LogP contribution in [0.2, 0.25) is 0 Å². The lowest BCUT2D eigenvalue weighted by Gasteiger charge is -2.03. The zero-order chi connectivity index (χ0) is 14.7. The van der Waals surface area contributed by atoms with Crippen LogP contribution >= 0.6 is 11.5 Å². The molecule has 0 radical (unpaired) electrons. The lowest BCUT2D eigenvalue weighted by atomic mass is 10.1. The number of amides is 1. The molecule has 2 N–H and O–H groups in total. The smallest absolute Gasteiger partial charge is 0.264 e. The molecule has 0 spiro atoms. The maximum Gasteiger partial charge on any atom is 0.264 e. The Labute approximate surface area is 126 Å². The second-order valence-electron chi connectivity index (χ2n) is 4.77. The monoisotopic (exact) mass is 300 g/mol. The Morgan fingerprint density at radius 3 is 3.10 bits per heavy atom. The van der Waals surface area contributed by atoms with Gasteiger partial charge in [-0.1, -0.05) is 29.6 Å². The van der Waals surface area contributed by atoms with Gasteiger partial charge in [0.2, 0.25) is 0 Å². The number of aromatic amines is 1. The highest BCUT2D eigenvalue weighted by Crippen LogP contribution is 2.18. The molecule has 0 saturated carbocycles. The molecule has 1 amide bonds. The van der Waals surface area contributed by atoms with Gasteiger partial charge in [-0.3, -0.25) is 4.79 Å². The molecule has 0 saturated heterocycles. The van der Waals surface area contributed by atoms with E-state index in [-0.39, 0.29) is 5.91 Å². The van der Waals surface area contributed by atoms with Crippen molar-refractivity contribution in [3.8, 4) is 0 Å². The van der Waals surface area contributed by atoms with E-state index in [1.54, 1.807) is 0 Å². The van der Waals surface area contributed by atoms with Gasteiger partial charge in [0.25, 0.3) is 5.91 Å². The Bertz CT molecular complexity index is 762. The third-order valence-electron chi connectivity index (χ3n) is 3.45. The molecule has 2 heterocycles. The third-order valence-corrected chi connectivity index (χ3v) is 4.22. The number of nitrogens with one attached hydrogen (secondary N) is 2. The van der Waals surface area contributed by atoms with Crippen molar-refractivity contribution in [2.45, 2.75) is 19.8 Å². The zero-order valence-electron chi connectivity index (χ0n) is 11.7. The van der Waals surface area contributed by atoms with Gasteiger partial charge >= 0.3 is 0 Å². The normalized spacial score (nSPS) is 10.9. The summed E-state index contributed by atoms with van der Waals surface area (Å²) in [6, 6.07) is 8.17. The Morgan fingerprint density at radius 1 is 1.38 bits per heavy atom. The number of carbonyl (C=O) groups is 1. The van der Waals surface area contributed by atoms with E-state index in [2.05, 4.69) is 26.0 Å². The largest absolute Gasteiger partial charge is 0.361 e. The summed E-state index contributed by atoms with van der Waals surface area (Å²) in [6.45, 7) is 2.57. The van der Waals surface area contributed by atoms with Crippen LogP contribution in [0.25, 0.3) is 10.9 Å². The molecule has 21 heavy (non-hydrogen) atoms. The van der Waals surface area contributed by atoms with Crippen molar-refractivity contribution >= 4 is 28.3 Å². The van der Waals surface area contributed by atoms with Gasteiger partial charge in [-0.25, -0.2) is 0 Å². The van der Waals surface area contributed by atoms with Crippen molar-refractivity contribution in [3.63, 3.8) is 0 Å². The molecular weight excluding hydrogens is 284 g/mol. The van der Waals surface area contributed by atoms with E-state index >= 15 is 0 Å². The van der Waals surface area contributed by atoms with Crippen LogP contribution in [0.5, 0.6) is 0 Å². The summed E-state index contributed by atoms with van der Waals surface area (Å²) in [5.74, 6) is -0.0818. The molecule has 0 fully saturated rings. The lowest BCUT2D eigenvalue weighted by Crippen LogP contribution is -2.25. The summed E-state index contributed by atoms with van der Waals surface area (Å²) in [4.78, 5) is 16.0. The number of hydrogen-bond donors (Lipinski definition) is 2. The first-order valence-electron chi connectivity index (χ1n) is 6.94. The number of para-hydroxylation sites is 1. The summed E-state index contributed by atoms with van der Waals surface area (Å²) in [7, 11) is 0. The fourth-order valence-corrected chi connectivity index (χ4v) is 3.01. The molecule has 0 bridgehead atoms. The highest BCUT2D eigenvalue weighted by molar-refractivity contribution is 7.08. The van der Waals surface area contributed by atoms with Crippen LogP contribution in [-0.2, 0) is 12.8 Å². The number of hydrogen-bond acceptors (Lipinski definition) is 4. The molecule has 6 heteroatoms. The number of H-pyrrole nitrogens is 1. The van der Waals surface area contributed by atoms with Crippen LogP contribution in [0.3, 0.4) is 0 Å². The zero-order valence-corrected chi connectivity index (χ0v) is 12.5. The average Bonchev–Trinajstić information content (AvgIpc) is 3.14. The molecule has 108 valence electrons. The van der Waals surface area contributed by atoms with Gasteiger partial charge in [0.1, 0.15) is 4.88 Å². The van der Waals surface area contributed by atoms with Crippen molar-refractivity contribution < 1.29 is 4.79 Å². The van der Waals surface area contributed by atoms with Crippen LogP contribution in [0.1, 0.15) is 27.9 Å². The average molecular weight is 300 g/mol. The van der Waals surface area contributed by atoms with Crippen molar-refractivity contribution in [1.82, 2.24) is 19.9 Å². The topological polar surface area (TPSA) is 70.7 Å². The van der Waals surface area contributed by atoms with Crippen molar-refractivity contribution in [2.75, 3.05) is 6.54 Å². The van der Waals surface area contributed by atoms with Crippen LogP contribution in [-0.4, -0.2) is 27.0 Å². The number of aromatic nitrogens is 3. The van der Waals surface area contributed by atoms with Gasteiger partial charge in [-0.2, -0.15) is 0 Å². The molecule has 0 aliphatic rings. The minimum Gasteiger partial charge on any atom is -0.361 e. The van der Waals surface area contributed by atoms with E-state index in [1.807, 2.05) is 31.3 Å². The number of aryl methyl sites for hydroxylation is 1. The molecule has 3 aromatic rings. The number of carbonyl (C=O) groups excluding carboxylic acids is 1. The Kier molecular flexibility index (Phi) is 3.96. The van der Waals surface area contributed by atoms with Gasteiger partial charge in [0.05, 0.1) is 5.69 Å². The predicted molar refractivity (Wildman–Crippen MR) is 83.6 cm³/mol. The number of rotatable bonds is 5. The first-order valence-corrected chi connectivity index (χ1v) is 7.71. The maximum atomic E-state index is 12.1. The van der Waals surface area contributed by atoms with E-state index < -0.39 is 0 Å². The van der Waals surface area contributed by atoms with E-state index in [0.29, 0.717) is 11.4 Å². The molecule has 2 aromatic heterocycles. The standard InChI is InChI=1S/C15H16N4OS/c1-2-12-14(21-19-18-12)15(20)16-8-7-10-9-17-13-6-4-3-5-11(10)13/h3-6,9,17H,2,7-8H2,1H3,(H,16,20). The Balaban J connectivity index is 1.62. The maximum absolute atomic E-state index is 12.1. The minimum atomic E-state index is -0.0818. The van der Waals surface area contributed by atoms with Crippen molar-refractivity contribution in [3.05, 3.63) is 46.6 Å². The van der Waals surface area contributed by atoms with Gasteiger partial charge in [-0.05, 0) is 36.0 Å². The van der Waals surface area contributed by atoms with E-state index in [0.717, 1.165) is 35.6 Å². The summed E-state index contributed by atoms with van der Waals surface area (Å²) in [5.41, 5.74) is 3.10. The fraction of sp³-hybridized carbons (Fsp3) is 0.267. The molecule has 0 aliphatic heterocycles. The van der Waals surface area contributed by atoms with Crippen LogP contribution in [0.4, 0.5) is 0 Å². The molecule has 3 rings (SSSR count). The number of fused-ring (bicyclic) bond motifs is 1. The summed E-state index contributed by atoms with van der Waals surface area (Å²) >= 11 is 1.15. The van der Waals surface area contributed by atoms with Gasteiger partial charge < -0.3 is 10.3 Å². The molecule has 1 aromatic carbocycles. The minimum absolute atomic E-state index is 0.0818. The fourth-order valence-electron chi connectivity index (χ4n) is 2.34. The number of nitrogens with zero attached hydrogens (tertiary/aromatic N) is 2. The molecule has 0 atom stereocenters. The van der Waals surface area contributed by atoms with Crippen molar-refractivity contribution in [2.24, 2.45) is 0 Å². The Morgan fingerprint density at radius 2 is 2.24 bits per heavy atom. The molecular formula is C15H16N4OS. The predicted octanol–water partition coefficient (Wildman–Crippen LogP) is 2.55. The van der Waals surface area contributed by atoms with Gasteiger partial charge in [-0.15, -0.1) is 5.10 Å². The van der Waals surface area contributed by atoms with Gasteiger partial charge in [0.15, 0.2) is 0 Å². The molecule has 0 unspecified atom stereocenters. The first kappa shape index (κ1) is 13.8. The van der Waals surface area contributed by atoms with Crippen molar-refractivity contribution in [1.29, 1.82) is 0 Å². The summed E-state index contributed by atoms with van der Waals surface area (Å²) in [6.07, 6.45) is 3.52. The molecule has 0 aliphatic carbocycles.